The Morgan fingerprint density at radius 2 is 1.91 bits per heavy atom. The fourth-order valence-electron chi connectivity index (χ4n) is 3.74. The lowest BCUT2D eigenvalue weighted by Gasteiger charge is -2.61. The molecule has 120 valence electrons. The molecule has 2 aliphatic rings. The molecule has 1 amide bonds. The van der Waals surface area contributed by atoms with Gasteiger partial charge >= 0.3 is 0 Å². The van der Waals surface area contributed by atoms with Crippen molar-refractivity contribution >= 4 is 17.3 Å². The van der Waals surface area contributed by atoms with Crippen LogP contribution in [0.4, 0.5) is 11.4 Å². The van der Waals surface area contributed by atoms with Crippen molar-refractivity contribution in [1.29, 1.82) is 0 Å². The molecule has 0 aliphatic heterocycles. The molecule has 0 heterocycles. The summed E-state index contributed by atoms with van der Waals surface area (Å²) in [5, 5.41) is 6.54. The third-order valence-corrected chi connectivity index (χ3v) is 5.27. The Morgan fingerprint density at radius 3 is 2.45 bits per heavy atom. The Morgan fingerprint density at radius 1 is 1.23 bits per heavy atom. The zero-order valence-electron chi connectivity index (χ0n) is 13.5. The van der Waals surface area contributed by atoms with Crippen molar-refractivity contribution in [2.45, 2.75) is 58.1 Å². The van der Waals surface area contributed by atoms with Crippen molar-refractivity contribution < 1.29 is 9.53 Å². The number of hydrogen-bond acceptors (Lipinski definition) is 3. The van der Waals surface area contributed by atoms with Gasteiger partial charge in [-0.3, -0.25) is 4.79 Å². The minimum absolute atomic E-state index is 0.0488. The van der Waals surface area contributed by atoms with Crippen LogP contribution < -0.4 is 10.6 Å². The van der Waals surface area contributed by atoms with Gasteiger partial charge in [0.15, 0.2) is 0 Å². The average molecular weight is 302 g/mol. The van der Waals surface area contributed by atoms with Crippen LogP contribution in [0.3, 0.4) is 0 Å². The Hall–Kier alpha value is -1.55. The summed E-state index contributed by atoms with van der Waals surface area (Å²) in [4.78, 5) is 11.4. The highest BCUT2D eigenvalue weighted by Crippen LogP contribution is 2.58. The molecule has 0 aromatic heterocycles. The zero-order valence-corrected chi connectivity index (χ0v) is 13.5. The Bertz CT molecular complexity index is 522. The molecule has 2 atom stereocenters. The van der Waals surface area contributed by atoms with E-state index in [2.05, 4.69) is 17.6 Å². The Kier molecular flexibility index (Phi) is 4.39. The predicted octanol–water partition coefficient (Wildman–Crippen LogP) is 3.79. The van der Waals surface area contributed by atoms with Crippen LogP contribution in [0.2, 0.25) is 0 Å². The highest BCUT2D eigenvalue weighted by atomic mass is 16.5. The summed E-state index contributed by atoms with van der Waals surface area (Å²) >= 11 is 0. The Labute approximate surface area is 132 Å². The van der Waals surface area contributed by atoms with E-state index in [1.165, 1.54) is 19.3 Å². The van der Waals surface area contributed by atoms with Gasteiger partial charge in [0.1, 0.15) is 0 Å². The molecule has 2 N–H and O–H groups in total. The number of benzene rings is 1. The molecule has 0 radical (unpaired) electrons. The molecule has 4 heteroatoms. The first kappa shape index (κ1) is 15.3. The topological polar surface area (TPSA) is 50.4 Å². The Balaban J connectivity index is 1.59. The minimum atomic E-state index is 0.0488. The zero-order chi connectivity index (χ0) is 15.6. The lowest BCUT2D eigenvalue weighted by molar-refractivity contribution is -0.157. The molecule has 0 unspecified atom stereocenters. The number of rotatable bonds is 6. The fourth-order valence-corrected chi connectivity index (χ4v) is 3.74. The molecule has 2 fully saturated rings. The SMILES string of the molecule is CCO[C@H]1C[C@H](Nc2ccc(NC(=O)CC)cc2)C12CCC2. The highest BCUT2D eigenvalue weighted by molar-refractivity contribution is 5.90. The largest absolute Gasteiger partial charge is 0.382 e. The molecule has 0 saturated heterocycles. The van der Waals surface area contributed by atoms with E-state index in [0.717, 1.165) is 24.4 Å². The summed E-state index contributed by atoms with van der Waals surface area (Å²) in [6.45, 7) is 4.75. The smallest absolute Gasteiger partial charge is 0.224 e. The second-order valence-electron chi connectivity index (χ2n) is 6.44. The maximum absolute atomic E-state index is 11.4. The first-order chi connectivity index (χ1) is 10.7. The number of hydrogen-bond donors (Lipinski definition) is 2. The first-order valence-electron chi connectivity index (χ1n) is 8.46. The summed E-state index contributed by atoms with van der Waals surface area (Å²) in [6.07, 6.45) is 5.92. The lowest BCUT2D eigenvalue weighted by atomic mass is 9.51. The van der Waals surface area contributed by atoms with Gasteiger partial charge in [-0.15, -0.1) is 0 Å². The molecule has 4 nitrogen and oxygen atoms in total. The number of ether oxygens (including phenoxy) is 1. The van der Waals surface area contributed by atoms with E-state index in [-0.39, 0.29) is 5.91 Å². The van der Waals surface area contributed by atoms with E-state index in [4.69, 9.17) is 4.74 Å². The number of anilines is 2. The van der Waals surface area contributed by atoms with E-state index in [9.17, 15) is 4.79 Å². The number of amides is 1. The van der Waals surface area contributed by atoms with Crippen molar-refractivity contribution in [3.63, 3.8) is 0 Å². The van der Waals surface area contributed by atoms with Crippen LogP contribution in [-0.4, -0.2) is 24.7 Å². The van der Waals surface area contributed by atoms with Gasteiger partial charge in [0.05, 0.1) is 6.10 Å². The molecule has 1 spiro atoms. The number of carbonyl (C=O) groups is 1. The molecule has 1 aromatic rings. The van der Waals surface area contributed by atoms with Gasteiger partial charge in [-0.25, -0.2) is 0 Å². The second kappa shape index (κ2) is 6.29. The number of nitrogens with one attached hydrogen (secondary N) is 2. The van der Waals surface area contributed by atoms with Gasteiger partial charge in [-0.05, 0) is 50.5 Å². The highest BCUT2D eigenvalue weighted by Gasteiger charge is 2.58. The third-order valence-electron chi connectivity index (χ3n) is 5.27. The van der Waals surface area contributed by atoms with E-state index < -0.39 is 0 Å². The molecule has 0 bridgehead atoms. The summed E-state index contributed by atoms with van der Waals surface area (Å²) < 4.78 is 5.89. The van der Waals surface area contributed by atoms with Crippen molar-refractivity contribution in [2.24, 2.45) is 5.41 Å². The van der Waals surface area contributed by atoms with Crippen LogP contribution >= 0.6 is 0 Å². The quantitative estimate of drug-likeness (QED) is 0.840. The van der Waals surface area contributed by atoms with Gasteiger partial charge in [-0.1, -0.05) is 13.3 Å². The summed E-state index contributed by atoms with van der Waals surface area (Å²) in [5.41, 5.74) is 2.35. The van der Waals surface area contributed by atoms with Crippen molar-refractivity contribution in [2.75, 3.05) is 17.2 Å². The number of carbonyl (C=O) groups excluding carboxylic acids is 1. The standard InChI is InChI=1S/C18H26N2O2/c1-3-17(21)20-14-8-6-13(7-9-14)19-15-12-16(22-4-2)18(15)10-5-11-18/h6-9,15-16,19H,3-5,10-12H2,1-2H3,(H,20,21)/t15-,16-/m0/s1. The van der Waals surface area contributed by atoms with Gasteiger partial charge in [0, 0.05) is 35.9 Å². The van der Waals surface area contributed by atoms with Gasteiger partial charge in [0.2, 0.25) is 5.91 Å². The summed E-state index contributed by atoms with van der Waals surface area (Å²) in [6, 6.07) is 8.54. The molecule has 3 rings (SSSR count). The van der Waals surface area contributed by atoms with Crippen LogP contribution in [0.15, 0.2) is 24.3 Å². The normalized spacial score (nSPS) is 25.2. The van der Waals surface area contributed by atoms with Crippen LogP contribution in [-0.2, 0) is 9.53 Å². The van der Waals surface area contributed by atoms with Gasteiger partial charge in [-0.2, -0.15) is 0 Å². The second-order valence-corrected chi connectivity index (χ2v) is 6.44. The van der Waals surface area contributed by atoms with Crippen molar-refractivity contribution in [1.82, 2.24) is 0 Å². The predicted molar refractivity (Wildman–Crippen MR) is 89.1 cm³/mol. The van der Waals surface area contributed by atoms with Gasteiger partial charge < -0.3 is 15.4 Å². The molecule has 2 saturated carbocycles. The van der Waals surface area contributed by atoms with Crippen molar-refractivity contribution in [3.05, 3.63) is 24.3 Å². The molecular formula is C18H26N2O2. The van der Waals surface area contributed by atoms with Crippen LogP contribution in [0.25, 0.3) is 0 Å². The maximum Gasteiger partial charge on any atom is 0.224 e. The third kappa shape index (κ3) is 2.72. The molecule has 2 aliphatic carbocycles. The van der Waals surface area contributed by atoms with E-state index >= 15 is 0 Å². The van der Waals surface area contributed by atoms with Crippen LogP contribution in [0.1, 0.15) is 46.0 Å². The monoisotopic (exact) mass is 302 g/mol. The fraction of sp³-hybridized carbons (Fsp3) is 0.611. The van der Waals surface area contributed by atoms with E-state index in [1.807, 2.05) is 31.2 Å². The maximum atomic E-state index is 11.4. The van der Waals surface area contributed by atoms with Crippen molar-refractivity contribution in [3.8, 4) is 0 Å². The molecule has 22 heavy (non-hydrogen) atoms. The molecular weight excluding hydrogens is 276 g/mol. The van der Waals surface area contributed by atoms with Crippen LogP contribution in [0.5, 0.6) is 0 Å². The van der Waals surface area contributed by atoms with Crippen LogP contribution in [0, 0.1) is 5.41 Å². The summed E-state index contributed by atoms with van der Waals surface area (Å²) in [5.74, 6) is 0.0488. The van der Waals surface area contributed by atoms with Gasteiger partial charge in [0.25, 0.3) is 0 Å². The first-order valence-corrected chi connectivity index (χ1v) is 8.46. The summed E-state index contributed by atoms with van der Waals surface area (Å²) in [7, 11) is 0. The van der Waals surface area contributed by atoms with E-state index in [1.54, 1.807) is 0 Å². The minimum Gasteiger partial charge on any atom is -0.382 e. The molecule has 1 aromatic carbocycles. The van der Waals surface area contributed by atoms with E-state index in [0.29, 0.717) is 24.0 Å². The lowest BCUT2D eigenvalue weighted by Crippen LogP contribution is -2.64. The average Bonchev–Trinajstić information content (AvgIpc) is 2.46.